The Morgan fingerprint density at radius 3 is 2.65 bits per heavy atom. The number of ether oxygens (including phenoxy) is 1. The zero-order valence-electron chi connectivity index (χ0n) is 12.0. The predicted molar refractivity (Wildman–Crippen MR) is 83.2 cm³/mol. The maximum Gasteiger partial charge on any atom is 0.127 e. The standard InChI is InChI=1S/C16H23BrFNO/c1-2-20-16(8-4-3-5-9-16)15(19)10-12-6-7-13(17)11-14(12)18/h6-7,11,15H,2-5,8-10,19H2,1H3. The zero-order chi connectivity index (χ0) is 14.6. The maximum absolute atomic E-state index is 14.0. The molecule has 1 aliphatic carbocycles. The molecule has 1 atom stereocenters. The second kappa shape index (κ2) is 7.01. The third-order valence-corrected chi connectivity index (χ3v) is 4.76. The van der Waals surface area contributed by atoms with Crippen LogP contribution in [0.15, 0.2) is 22.7 Å². The zero-order valence-corrected chi connectivity index (χ0v) is 13.6. The van der Waals surface area contributed by atoms with Crippen molar-refractivity contribution in [2.24, 2.45) is 5.73 Å². The summed E-state index contributed by atoms with van der Waals surface area (Å²) >= 11 is 3.28. The second-order valence-electron chi connectivity index (χ2n) is 5.60. The first kappa shape index (κ1) is 15.9. The number of hydrogen-bond donors (Lipinski definition) is 1. The summed E-state index contributed by atoms with van der Waals surface area (Å²) in [7, 11) is 0. The topological polar surface area (TPSA) is 35.2 Å². The molecule has 0 spiro atoms. The van der Waals surface area contributed by atoms with Crippen LogP contribution in [0.3, 0.4) is 0 Å². The van der Waals surface area contributed by atoms with Crippen molar-refractivity contribution in [1.29, 1.82) is 0 Å². The van der Waals surface area contributed by atoms with Crippen molar-refractivity contribution in [2.45, 2.75) is 57.1 Å². The van der Waals surface area contributed by atoms with Gasteiger partial charge in [0.05, 0.1) is 5.60 Å². The lowest BCUT2D eigenvalue weighted by molar-refractivity contribution is -0.0818. The fraction of sp³-hybridized carbons (Fsp3) is 0.625. The summed E-state index contributed by atoms with van der Waals surface area (Å²) in [6.45, 7) is 2.67. The third-order valence-electron chi connectivity index (χ3n) is 4.26. The minimum Gasteiger partial charge on any atom is -0.374 e. The van der Waals surface area contributed by atoms with Gasteiger partial charge in [0.25, 0.3) is 0 Å². The van der Waals surface area contributed by atoms with Crippen molar-refractivity contribution in [3.63, 3.8) is 0 Å². The molecule has 0 radical (unpaired) electrons. The van der Waals surface area contributed by atoms with Crippen molar-refractivity contribution in [3.05, 3.63) is 34.1 Å². The molecule has 2 rings (SSSR count). The molecule has 1 fully saturated rings. The van der Waals surface area contributed by atoms with E-state index in [1.807, 2.05) is 19.1 Å². The molecular weight excluding hydrogens is 321 g/mol. The quantitative estimate of drug-likeness (QED) is 0.869. The van der Waals surface area contributed by atoms with E-state index in [0.29, 0.717) is 18.6 Å². The van der Waals surface area contributed by atoms with Crippen LogP contribution in [0.5, 0.6) is 0 Å². The second-order valence-corrected chi connectivity index (χ2v) is 6.52. The normalized spacial score (nSPS) is 19.8. The average Bonchev–Trinajstić information content (AvgIpc) is 2.43. The molecule has 4 heteroatoms. The fourth-order valence-corrected chi connectivity index (χ4v) is 3.50. The molecule has 0 amide bonds. The van der Waals surface area contributed by atoms with E-state index in [1.54, 1.807) is 0 Å². The first-order valence-corrected chi connectivity index (χ1v) is 8.20. The summed E-state index contributed by atoms with van der Waals surface area (Å²) in [6, 6.07) is 5.01. The van der Waals surface area contributed by atoms with E-state index in [4.69, 9.17) is 10.5 Å². The van der Waals surface area contributed by atoms with E-state index in [0.717, 1.165) is 30.2 Å². The molecule has 0 aliphatic heterocycles. The van der Waals surface area contributed by atoms with Gasteiger partial charge in [-0.1, -0.05) is 41.3 Å². The average molecular weight is 344 g/mol. The highest BCUT2D eigenvalue weighted by atomic mass is 79.9. The number of halogens is 2. The summed E-state index contributed by atoms with van der Waals surface area (Å²) in [5.41, 5.74) is 6.81. The van der Waals surface area contributed by atoms with Crippen LogP contribution in [0.1, 0.15) is 44.6 Å². The Hall–Kier alpha value is -0.450. The number of benzene rings is 1. The van der Waals surface area contributed by atoms with Gasteiger partial charge in [-0.3, -0.25) is 0 Å². The molecule has 1 unspecified atom stereocenters. The minimum atomic E-state index is -0.271. The molecule has 20 heavy (non-hydrogen) atoms. The van der Waals surface area contributed by atoms with Gasteiger partial charge in [-0.25, -0.2) is 4.39 Å². The molecule has 1 aromatic rings. The first-order valence-electron chi connectivity index (χ1n) is 7.41. The number of hydrogen-bond acceptors (Lipinski definition) is 2. The fourth-order valence-electron chi connectivity index (χ4n) is 3.17. The van der Waals surface area contributed by atoms with Crippen LogP contribution in [0.4, 0.5) is 4.39 Å². The summed E-state index contributed by atoms with van der Waals surface area (Å²) in [5, 5.41) is 0. The van der Waals surface area contributed by atoms with Gasteiger partial charge in [0.1, 0.15) is 5.82 Å². The molecular formula is C16H23BrFNO. The largest absolute Gasteiger partial charge is 0.374 e. The highest BCUT2D eigenvalue weighted by Crippen LogP contribution is 2.35. The lowest BCUT2D eigenvalue weighted by Gasteiger charge is -2.41. The van der Waals surface area contributed by atoms with Gasteiger partial charge in [-0.05, 0) is 43.9 Å². The molecule has 0 saturated heterocycles. The predicted octanol–water partition coefficient (Wildman–Crippen LogP) is 4.20. The van der Waals surface area contributed by atoms with Crippen LogP contribution in [0.2, 0.25) is 0 Å². The van der Waals surface area contributed by atoms with E-state index in [1.165, 1.54) is 12.5 Å². The molecule has 0 heterocycles. The Labute approximate surface area is 129 Å². The summed E-state index contributed by atoms with van der Waals surface area (Å²) < 4.78 is 20.7. The molecule has 1 saturated carbocycles. The Balaban J connectivity index is 2.13. The summed E-state index contributed by atoms with van der Waals surface area (Å²) in [6.07, 6.45) is 6.04. The van der Waals surface area contributed by atoms with Gasteiger partial charge in [-0.2, -0.15) is 0 Å². The number of rotatable bonds is 5. The highest BCUT2D eigenvalue weighted by molar-refractivity contribution is 9.10. The number of nitrogens with two attached hydrogens (primary N) is 1. The van der Waals surface area contributed by atoms with Crippen LogP contribution >= 0.6 is 15.9 Å². The summed E-state index contributed by atoms with van der Waals surface area (Å²) in [4.78, 5) is 0. The van der Waals surface area contributed by atoms with E-state index in [9.17, 15) is 4.39 Å². The maximum atomic E-state index is 14.0. The Morgan fingerprint density at radius 1 is 1.35 bits per heavy atom. The molecule has 2 N–H and O–H groups in total. The van der Waals surface area contributed by atoms with E-state index >= 15 is 0 Å². The van der Waals surface area contributed by atoms with E-state index in [2.05, 4.69) is 15.9 Å². The third kappa shape index (κ3) is 3.60. The van der Waals surface area contributed by atoms with Crippen LogP contribution in [0, 0.1) is 5.82 Å². The van der Waals surface area contributed by atoms with E-state index < -0.39 is 0 Å². The van der Waals surface area contributed by atoms with Gasteiger partial charge in [0, 0.05) is 17.1 Å². The van der Waals surface area contributed by atoms with Gasteiger partial charge < -0.3 is 10.5 Å². The minimum absolute atomic E-state index is 0.154. The molecule has 112 valence electrons. The Bertz CT molecular complexity index is 441. The smallest absolute Gasteiger partial charge is 0.127 e. The van der Waals surface area contributed by atoms with Crippen molar-refractivity contribution < 1.29 is 9.13 Å². The van der Waals surface area contributed by atoms with E-state index in [-0.39, 0.29) is 17.5 Å². The van der Waals surface area contributed by atoms with Crippen LogP contribution < -0.4 is 5.73 Å². The van der Waals surface area contributed by atoms with Gasteiger partial charge >= 0.3 is 0 Å². The van der Waals surface area contributed by atoms with Gasteiger partial charge in [-0.15, -0.1) is 0 Å². The Kier molecular flexibility index (Phi) is 5.58. The lowest BCUT2D eigenvalue weighted by atomic mass is 9.77. The van der Waals surface area contributed by atoms with Crippen molar-refractivity contribution >= 4 is 15.9 Å². The van der Waals surface area contributed by atoms with Gasteiger partial charge in [0.2, 0.25) is 0 Å². The molecule has 1 aliphatic rings. The SMILES string of the molecule is CCOC1(C(N)Cc2ccc(Br)cc2F)CCCCC1. The van der Waals surface area contributed by atoms with Crippen molar-refractivity contribution in [1.82, 2.24) is 0 Å². The van der Waals surface area contributed by atoms with Crippen LogP contribution in [-0.2, 0) is 11.2 Å². The Morgan fingerprint density at radius 2 is 2.05 bits per heavy atom. The highest BCUT2D eigenvalue weighted by Gasteiger charge is 2.38. The van der Waals surface area contributed by atoms with Crippen LogP contribution in [0.25, 0.3) is 0 Å². The molecule has 0 aromatic heterocycles. The van der Waals surface area contributed by atoms with Crippen molar-refractivity contribution in [2.75, 3.05) is 6.61 Å². The lowest BCUT2D eigenvalue weighted by Crippen LogP contribution is -2.52. The molecule has 2 nitrogen and oxygen atoms in total. The van der Waals surface area contributed by atoms with Crippen molar-refractivity contribution in [3.8, 4) is 0 Å². The van der Waals surface area contributed by atoms with Crippen LogP contribution in [-0.4, -0.2) is 18.2 Å². The van der Waals surface area contributed by atoms with Gasteiger partial charge in [0.15, 0.2) is 0 Å². The molecule has 0 bridgehead atoms. The summed E-state index contributed by atoms with van der Waals surface area (Å²) in [5.74, 6) is -0.197. The molecule has 1 aromatic carbocycles. The first-order chi connectivity index (χ1) is 9.57. The monoisotopic (exact) mass is 343 g/mol.